The van der Waals surface area contributed by atoms with Gasteiger partial charge < -0.3 is 14.8 Å². The average Bonchev–Trinajstić information content (AvgIpc) is 2.75. The Hall–Kier alpha value is -2.60. The number of carbonyl (C=O) groups is 2. The van der Waals surface area contributed by atoms with E-state index < -0.39 is 5.54 Å². The number of fused-ring (bicyclic) bond motifs is 1. The van der Waals surface area contributed by atoms with Crippen LogP contribution >= 0.6 is 0 Å². The molecule has 0 bridgehead atoms. The highest BCUT2D eigenvalue weighted by Gasteiger charge is 2.46. The predicted octanol–water partition coefficient (Wildman–Crippen LogP) is 3.91. The van der Waals surface area contributed by atoms with E-state index in [9.17, 15) is 9.59 Å². The first-order valence-corrected chi connectivity index (χ1v) is 10.7. The van der Waals surface area contributed by atoms with Crippen LogP contribution in [0.2, 0.25) is 0 Å². The van der Waals surface area contributed by atoms with Gasteiger partial charge in [0.25, 0.3) is 0 Å². The maximum absolute atomic E-state index is 12.8. The lowest BCUT2D eigenvalue weighted by molar-refractivity contribution is -0.141. The van der Waals surface area contributed by atoms with E-state index in [1.165, 1.54) is 0 Å². The highest BCUT2D eigenvalue weighted by molar-refractivity contribution is 5.99. The molecule has 0 spiro atoms. The lowest BCUT2D eigenvalue weighted by Crippen LogP contribution is -2.65. The standard InChI is InChI=1S/C24H32N2O4/c1-5-7-12-25-23(28)24(3)11-13-26(24)16-17-9-8-10-19-20(17)14-18(15-21(19)29-4)22(27)30-6-2/h8-10,14-15H,5-7,11-13,16H2,1-4H3,(H,25,28). The highest BCUT2D eigenvalue weighted by Crippen LogP contribution is 2.36. The van der Waals surface area contributed by atoms with E-state index >= 15 is 0 Å². The minimum absolute atomic E-state index is 0.0900. The van der Waals surface area contributed by atoms with Gasteiger partial charge in [-0.1, -0.05) is 31.5 Å². The van der Waals surface area contributed by atoms with Crippen LogP contribution in [0.15, 0.2) is 30.3 Å². The van der Waals surface area contributed by atoms with Crippen molar-refractivity contribution < 1.29 is 19.1 Å². The summed E-state index contributed by atoms with van der Waals surface area (Å²) in [7, 11) is 1.60. The molecule has 2 aromatic carbocycles. The van der Waals surface area contributed by atoms with E-state index in [0.717, 1.165) is 42.1 Å². The Morgan fingerprint density at radius 1 is 1.20 bits per heavy atom. The fourth-order valence-electron chi connectivity index (χ4n) is 3.94. The molecule has 1 aliphatic heterocycles. The number of hydrogen-bond donors (Lipinski definition) is 1. The normalized spacial score (nSPS) is 18.7. The average molecular weight is 413 g/mol. The van der Waals surface area contributed by atoms with Crippen LogP contribution in [-0.4, -0.2) is 49.1 Å². The predicted molar refractivity (Wildman–Crippen MR) is 118 cm³/mol. The van der Waals surface area contributed by atoms with Gasteiger partial charge in [0.2, 0.25) is 5.91 Å². The van der Waals surface area contributed by atoms with Crippen molar-refractivity contribution in [2.24, 2.45) is 0 Å². The number of ether oxygens (including phenoxy) is 2. The molecular weight excluding hydrogens is 380 g/mol. The molecule has 6 nitrogen and oxygen atoms in total. The number of methoxy groups -OCH3 is 1. The van der Waals surface area contributed by atoms with Crippen LogP contribution in [0.25, 0.3) is 10.8 Å². The topological polar surface area (TPSA) is 67.9 Å². The number of amides is 1. The van der Waals surface area contributed by atoms with Gasteiger partial charge in [0.05, 0.1) is 24.8 Å². The fraction of sp³-hybridized carbons (Fsp3) is 0.500. The SMILES string of the molecule is CCCCNC(=O)C1(C)CCN1Cc1cccc2c(OC)cc(C(=O)OCC)cc12. The molecule has 0 radical (unpaired) electrons. The zero-order valence-electron chi connectivity index (χ0n) is 18.4. The summed E-state index contributed by atoms with van der Waals surface area (Å²) in [5, 5.41) is 4.96. The smallest absolute Gasteiger partial charge is 0.338 e. The number of unbranched alkanes of at least 4 members (excludes halogenated alkanes) is 1. The second kappa shape index (κ2) is 9.47. The molecule has 1 heterocycles. The third-order valence-corrected chi connectivity index (χ3v) is 6.01. The highest BCUT2D eigenvalue weighted by atomic mass is 16.5. The lowest BCUT2D eigenvalue weighted by Gasteiger charge is -2.49. The van der Waals surface area contributed by atoms with Crippen LogP contribution in [0.1, 0.15) is 56.0 Å². The Kier molecular flexibility index (Phi) is 6.98. The van der Waals surface area contributed by atoms with Crippen LogP contribution < -0.4 is 10.1 Å². The van der Waals surface area contributed by atoms with Crippen LogP contribution in [0.3, 0.4) is 0 Å². The number of nitrogens with one attached hydrogen (secondary N) is 1. The second-order valence-electron chi connectivity index (χ2n) is 7.97. The molecule has 1 N–H and O–H groups in total. The van der Waals surface area contributed by atoms with Crippen LogP contribution in [0.5, 0.6) is 5.75 Å². The number of rotatable bonds is 9. The largest absolute Gasteiger partial charge is 0.496 e. The first kappa shape index (κ1) is 22.1. The number of benzene rings is 2. The van der Waals surface area contributed by atoms with E-state index in [4.69, 9.17) is 9.47 Å². The molecule has 2 aromatic rings. The molecule has 162 valence electrons. The zero-order valence-corrected chi connectivity index (χ0v) is 18.4. The molecule has 0 aromatic heterocycles. The molecule has 1 fully saturated rings. The minimum atomic E-state index is -0.501. The second-order valence-corrected chi connectivity index (χ2v) is 7.97. The van der Waals surface area contributed by atoms with Crippen LogP contribution in [-0.2, 0) is 16.1 Å². The van der Waals surface area contributed by atoms with Crippen molar-refractivity contribution in [3.8, 4) is 5.75 Å². The maximum atomic E-state index is 12.8. The van der Waals surface area contributed by atoms with Gasteiger partial charge in [-0.2, -0.15) is 0 Å². The Balaban J connectivity index is 1.89. The summed E-state index contributed by atoms with van der Waals surface area (Å²) in [5.41, 5.74) is 1.03. The minimum Gasteiger partial charge on any atom is -0.496 e. The van der Waals surface area contributed by atoms with Crippen molar-refractivity contribution in [1.82, 2.24) is 10.2 Å². The molecule has 6 heteroatoms. The molecular formula is C24H32N2O4. The lowest BCUT2D eigenvalue weighted by atomic mass is 9.84. The van der Waals surface area contributed by atoms with Crippen molar-refractivity contribution in [1.29, 1.82) is 0 Å². The quantitative estimate of drug-likeness (QED) is 0.500. The number of esters is 1. The Morgan fingerprint density at radius 2 is 2.00 bits per heavy atom. The van der Waals surface area contributed by atoms with Gasteiger partial charge >= 0.3 is 5.97 Å². The first-order valence-electron chi connectivity index (χ1n) is 10.7. The van der Waals surface area contributed by atoms with E-state index in [0.29, 0.717) is 31.0 Å². The molecule has 0 saturated carbocycles. The van der Waals surface area contributed by atoms with E-state index in [1.54, 1.807) is 20.1 Å². The van der Waals surface area contributed by atoms with Gasteiger partial charge in [0.1, 0.15) is 5.75 Å². The molecule has 1 aliphatic rings. The van der Waals surface area contributed by atoms with Crippen molar-refractivity contribution in [2.75, 3.05) is 26.8 Å². The molecule has 1 saturated heterocycles. The summed E-state index contributed by atoms with van der Waals surface area (Å²) in [6.45, 7) is 8.44. The van der Waals surface area contributed by atoms with Gasteiger partial charge in [0.15, 0.2) is 0 Å². The van der Waals surface area contributed by atoms with E-state index in [-0.39, 0.29) is 11.9 Å². The van der Waals surface area contributed by atoms with Gasteiger partial charge in [-0.3, -0.25) is 9.69 Å². The summed E-state index contributed by atoms with van der Waals surface area (Å²) >= 11 is 0. The van der Waals surface area contributed by atoms with Crippen LogP contribution in [0.4, 0.5) is 0 Å². The Morgan fingerprint density at radius 3 is 2.63 bits per heavy atom. The summed E-state index contributed by atoms with van der Waals surface area (Å²) in [5.74, 6) is 0.366. The van der Waals surface area contributed by atoms with Gasteiger partial charge in [-0.15, -0.1) is 0 Å². The van der Waals surface area contributed by atoms with Gasteiger partial charge in [-0.05, 0) is 49.8 Å². The number of likely N-dealkylation sites (tertiary alicyclic amines) is 1. The Labute approximate surface area is 178 Å². The summed E-state index contributed by atoms with van der Waals surface area (Å²) in [4.78, 5) is 27.3. The summed E-state index contributed by atoms with van der Waals surface area (Å²) in [6.07, 6.45) is 2.88. The van der Waals surface area contributed by atoms with Crippen molar-refractivity contribution in [3.05, 3.63) is 41.5 Å². The summed E-state index contributed by atoms with van der Waals surface area (Å²) in [6, 6.07) is 9.61. The van der Waals surface area contributed by atoms with Gasteiger partial charge in [0, 0.05) is 25.0 Å². The van der Waals surface area contributed by atoms with Crippen molar-refractivity contribution in [3.63, 3.8) is 0 Å². The third-order valence-electron chi connectivity index (χ3n) is 6.01. The molecule has 0 aliphatic carbocycles. The first-order chi connectivity index (χ1) is 14.4. The summed E-state index contributed by atoms with van der Waals surface area (Å²) < 4.78 is 10.7. The molecule has 1 unspecified atom stereocenters. The molecule has 1 atom stereocenters. The number of carbonyl (C=O) groups excluding carboxylic acids is 2. The van der Waals surface area contributed by atoms with Crippen molar-refractivity contribution in [2.45, 2.75) is 52.1 Å². The van der Waals surface area contributed by atoms with E-state index in [2.05, 4.69) is 17.1 Å². The number of nitrogens with zero attached hydrogens (tertiary/aromatic N) is 1. The molecule has 3 rings (SSSR count). The van der Waals surface area contributed by atoms with E-state index in [1.807, 2.05) is 31.2 Å². The van der Waals surface area contributed by atoms with Gasteiger partial charge in [-0.25, -0.2) is 4.79 Å². The third kappa shape index (κ3) is 4.29. The monoisotopic (exact) mass is 412 g/mol. The number of hydrogen-bond acceptors (Lipinski definition) is 5. The molecule has 1 amide bonds. The van der Waals surface area contributed by atoms with Crippen LogP contribution in [0, 0.1) is 0 Å². The maximum Gasteiger partial charge on any atom is 0.338 e. The zero-order chi connectivity index (χ0) is 21.7. The van der Waals surface area contributed by atoms with Crippen molar-refractivity contribution >= 4 is 22.6 Å². The Bertz CT molecular complexity index is 927. The fourth-order valence-corrected chi connectivity index (χ4v) is 3.94. The molecule has 30 heavy (non-hydrogen) atoms.